The molecule has 1 heterocycles. The third kappa shape index (κ3) is 3.74. The van der Waals surface area contributed by atoms with Gasteiger partial charge in [0.15, 0.2) is 0 Å². The molecule has 1 fully saturated rings. The van der Waals surface area contributed by atoms with Crippen molar-refractivity contribution in [3.8, 4) is 0 Å². The molecule has 0 unspecified atom stereocenters. The average molecular weight is 300 g/mol. The fourth-order valence-corrected chi connectivity index (χ4v) is 3.24. The SMILES string of the molecule is CCNC1CCC(OCc2c(Cl)c(CC)nn2C)CC1. The second-order valence-electron chi connectivity index (χ2n) is 5.53. The van der Waals surface area contributed by atoms with E-state index in [0.29, 0.717) is 18.8 Å². The van der Waals surface area contributed by atoms with E-state index in [4.69, 9.17) is 16.3 Å². The Balaban J connectivity index is 1.83. The van der Waals surface area contributed by atoms with Crippen LogP contribution in [0.3, 0.4) is 0 Å². The van der Waals surface area contributed by atoms with Crippen molar-refractivity contribution in [1.29, 1.82) is 0 Å². The maximum absolute atomic E-state index is 6.34. The molecule has 1 aromatic rings. The fourth-order valence-electron chi connectivity index (χ4n) is 2.90. The molecule has 5 heteroatoms. The molecule has 4 nitrogen and oxygen atoms in total. The van der Waals surface area contributed by atoms with Crippen molar-refractivity contribution in [2.24, 2.45) is 7.05 Å². The molecule has 1 aromatic heterocycles. The van der Waals surface area contributed by atoms with Crippen molar-refractivity contribution in [2.75, 3.05) is 6.54 Å². The molecule has 0 amide bonds. The Morgan fingerprint density at radius 1 is 1.30 bits per heavy atom. The van der Waals surface area contributed by atoms with E-state index in [-0.39, 0.29) is 0 Å². The summed E-state index contributed by atoms with van der Waals surface area (Å²) in [5.41, 5.74) is 1.96. The maximum atomic E-state index is 6.34. The summed E-state index contributed by atoms with van der Waals surface area (Å²) in [6.45, 7) is 5.86. The Bertz CT molecular complexity index is 425. The average Bonchev–Trinajstić information content (AvgIpc) is 2.73. The van der Waals surface area contributed by atoms with Crippen LogP contribution in [0.4, 0.5) is 0 Å². The summed E-state index contributed by atoms with van der Waals surface area (Å²) < 4.78 is 7.89. The monoisotopic (exact) mass is 299 g/mol. The van der Waals surface area contributed by atoms with Crippen LogP contribution in [-0.4, -0.2) is 28.5 Å². The summed E-state index contributed by atoms with van der Waals surface area (Å²) >= 11 is 6.34. The molecule has 1 saturated carbocycles. The molecule has 114 valence electrons. The van der Waals surface area contributed by atoms with Gasteiger partial charge in [-0.25, -0.2) is 0 Å². The van der Waals surface area contributed by atoms with Gasteiger partial charge in [-0.05, 0) is 38.6 Å². The minimum absolute atomic E-state index is 0.362. The number of ether oxygens (including phenoxy) is 1. The lowest BCUT2D eigenvalue weighted by molar-refractivity contribution is 0.00867. The first-order valence-electron chi connectivity index (χ1n) is 7.70. The molecule has 1 N–H and O–H groups in total. The van der Waals surface area contributed by atoms with E-state index in [2.05, 4.69) is 24.3 Å². The summed E-state index contributed by atoms with van der Waals surface area (Å²) in [5.74, 6) is 0. The largest absolute Gasteiger partial charge is 0.372 e. The lowest BCUT2D eigenvalue weighted by atomic mass is 9.93. The van der Waals surface area contributed by atoms with E-state index >= 15 is 0 Å². The van der Waals surface area contributed by atoms with Gasteiger partial charge in [-0.1, -0.05) is 25.4 Å². The first kappa shape index (κ1) is 15.8. The molecule has 20 heavy (non-hydrogen) atoms. The Morgan fingerprint density at radius 2 is 2.00 bits per heavy atom. The Labute approximate surface area is 126 Å². The Kier molecular flexibility index (Phi) is 5.87. The molecular weight excluding hydrogens is 274 g/mol. The van der Waals surface area contributed by atoms with E-state index < -0.39 is 0 Å². The zero-order chi connectivity index (χ0) is 14.5. The number of aromatic nitrogens is 2. The second-order valence-corrected chi connectivity index (χ2v) is 5.90. The van der Waals surface area contributed by atoms with E-state index in [1.54, 1.807) is 0 Å². The van der Waals surface area contributed by atoms with Gasteiger partial charge in [-0.3, -0.25) is 4.68 Å². The van der Waals surface area contributed by atoms with E-state index in [0.717, 1.165) is 42.2 Å². The minimum Gasteiger partial charge on any atom is -0.372 e. The topological polar surface area (TPSA) is 39.1 Å². The Morgan fingerprint density at radius 3 is 2.55 bits per heavy atom. The van der Waals surface area contributed by atoms with Crippen molar-refractivity contribution >= 4 is 11.6 Å². The first-order chi connectivity index (χ1) is 9.65. The standard InChI is InChI=1S/C15H26ClN3O/c1-4-13-15(16)14(19(3)18-13)10-20-12-8-6-11(7-9-12)17-5-2/h11-12,17H,4-10H2,1-3H3. The second kappa shape index (κ2) is 7.43. The van der Waals surface area contributed by atoms with Gasteiger partial charge in [-0.15, -0.1) is 0 Å². The molecule has 0 atom stereocenters. The van der Waals surface area contributed by atoms with Crippen molar-refractivity contribution < 1.29 is 4.74 Å². The summed E-state index contributed by atoms with van der Waals surface area (Å²) in [5, 5.41) is 8.72. The summed E-state index contributed by atoms with van der Waals surface area (Å²) in [4.78, 5) is 0. The number of hydrogen-bond donors (Lipinski definition) is 1. The number of halogens is 1. The van der Waals surface area contributed by atoms with Crippen molar-refractivity contribution in [3.63, 3.8) is 0 Å². The normalized spacial score (nSPS) is 23.2. The molecule has 1 aliphatic carbocycles. The molecule has 0 bridgehead atoms. The van der Waals surface area contributed by atoms with Crippen LogP contribution >= 0.6 is 11.6 Å². The molecule has 0 aliphatic heterocycles. The van der Waals surface area contributed by atoms with Crippen LogP contribution in [0.1, 0.15) is 50.9 Å². The highest BCUT2D eigenvalue weighted by Crippen LogP contribution is 2.25. The number of rotatable bonds is 6. The molecule has 0 aromatic carbocycles. The van der Waals surface area contributed by atoms with Crippen molar-refractivity contribution in [2.45, 2.75) is 64.7 Å². The third-order valence-electron chi connectivity index (χ3n) is 4.13. The highest BCUT2D eigenvalue weighted by atomic mass is 35.5. The first-order valence-corrected chi connectivity index (χ1v) is 8.08. The molecular formula is C15H26ClN3O. The number of nitrogens with one attached hydrogen (secondary N) is 1. The third-order valence-corrected chi connectivity index (χ3v) is 4.56. The zero-order valence-corrected chi connectivity index (χ0v) is 13.5. The zero-order valence-electron chi connectivity index (χ0n) is 12.8. The van der Waals surface area contributed by atoms with Crippen molar-refractivity contribution in [3.05, 3.63) is 16.4 Å². The van der Waals surface area contributed by atoms with Gasteiger partial charge in [0, 0.05) is 13.1 Å². The van der Waals surface area contributed by atoms with Gasteiger partial charge in [0.25, 0.3) is 0 Å². The summed E-state index contributed by atoms with van der Waals surface area (Å²) in [6.07, 6.45) is 5.90. The lowest BCUT2D eigenvalue weighted by Crippen LogP contribution is -2.35. The van der Waals surface area contributed by atoms with Gasteiger partial charge in [0.05, 0.1) is 29.1 Å². The van der Waals surface area contributed by atoms with Crippen LogP contribution in [0, 0.1) is 0 Å². The van der Waals surface area contributed by atoms with Crippen molar-refractivity contribution in [1.82, 2.24) is 15.1 Å². The van der Waals surface area contributed by atoms with E-state index in [9.17, 15) is 0 Å². The molecule has 0 saturated heterocycles. The number of hydrogen-bond acceptors (Lipinski definition) is 3. The lowest BCUT2D eigenvalue weighted by Gasteiger charge is -2.29. The van der Waals surface area contributed by atoms with Crippen LogP contribution in [0.15, 0.2) is 0 Å². The molecule has 2 rings (SSSR count). The van der Waals surface area contributed by atoms with Crippen LogP contribution in [0.5, 0.6) is 0 Å². The van der Waals surface area contributed by atoms with Crippen LogP contribution < -0.4 is 5.32 Å². The molecule has 0 radical (unpaired) electrons. The quantitative estimate of drug-likeness (QED) is 0.877. The summed E-state index contributed by atoms with van der Waals surface area (Å²) in [7, 11) is 1.94. The van der Waals surface area contributed by atoms with Gasteiger partial charge in [0.1, 0.15) is 0 Å². The maximum Gasteiger partial charge on any atom is 0.0903 e. The van der Waals surface area contributed by atoms with Crippen LogP contribution in [0.2, 0.25) is 5.02 Å². The van der Waals surface area contributed by atoms with Crippen LogP contribution in [0.25, 0.3) is 0 Å². The van der Waals surface area contributed by atoms with E-state index in [1.807, 2.05) is 11.7 Å². The Hall–Kier alpha value is -0.580. The smallest absolute Gasteiger partial charge is 0.0903 e. The predicted molar refractivity (Wildman–Crippen MR) is 82.1 cm³/mol. The number of nitrogens with zero attached hydrogens (tertiary/aromatic N) is 2. The highest BCUT2D eigenvalue weighted by molar-refractivity contribution is 6.31. The van der Waals surface area contributed by atoms with E-state index in [1.165, 1.54) is 12.8 Å². The van der Waals surface area contributed by atoms with Gasteiger partial charge in [0.2, 0.25) is 0 Å². The van der Waals surface area contributed by atoms with Gasteiger partial charge < -0.3 is 10.1 Å². The predicted octanol–water partition coefficient (Wildman–Crippen LogP) is 3.07. The summed E-state index contributed by atoms with van der Waals surface area (Å²) in [6, 6.07) is 0.673. The van der Waals surface area contributed by atoms with Gasteiger partial charge >= 0.3 is 0 Å². The molecule has 1 aliphatic rings. The minimum atomic E-state index is 0.362. The molecule has 0 spiro atoms. The van der Waals surface area contributed by atoms with Crippen LogP contribution in [-0.2, 0) is 24.8 Å². The van der Waals surface area contributed by atoms with Gasteiger partial charge in [-0.2, -0.15) is 5.10 Å². The highest BCUT2D eigenvalue weighted by Gasteiger charge is 2.22. The fraction of sp³-hybridized carbons (Fsp3) is 0.800. The number of aryl methyl sites for hydroxylation is 2.